The minimum Gasteiger partial charge on any atom is -0.341 e. The van der Waals surface area contributed by atoms with Crippen LogP contribution in [0.2, 0.25) is 0 Å². The van der Waals surface area contributed by atoms with Crippen molar-refractivity contribution in [1.82, 2.24) is 0 Å². The number of benzene rings is 10. The highest BCUT2D eigenvalue weighted by molar-refractivity contribution is 6.21. The Hall–Kier alpha value is -8.60. The van der Waals surface area contributed by atoms with Crippen LogP contribution in [0.15, 0.2) is 236 Å². The summed E-state index contributed by atoms with van der Waals surface area (Å²) in [4.78, 5) is 9.72. The average molecular weight is 913 g/mol. The summed E-state index contributed by atoms with van der Waals surface area (Å²) in [5, 5.41) is 10.0. The minimum atomic E-state index is 0.181. The molecule has 0 spiro atoms. The molecule has 0 saturated carbocycles. The molecule has 0 N–H and O–H groups in total. The average Bonchev–Trinajstić information content (AvgIpc) is 3.42. The molecular formula is C67H52N4. The van der Waals surface area contributed by atoms with Gasteiger partial charge in [0, 0.05) is 37.1 Å². The predicted molar refractivity (Wildman–Crippen MR) is 302 cm³/mol. The van der Waals surface area contributed by atoms with Crippen molar-refractivity contribution in [3.05, 3.63) is 247 Å². The molecule has 71 heavy (non-hydrogen) atoms. The first-order valence-electron chi connectivity index (χ1n) is 25.1. The molecule has 340 valence electrons. The van der Waals surface area contributed by atoms with E-state index in [1.807, 2.05) is 0 Å². The summed E-state index contributed by atoms with van der Waals surface area (Å²) < 4.78 is 0. The fraction of sp³-hybridized carbons (Fsp3) is 0.104. The number of allylic oxidation sites excluding steroid dienone is 7. The molecule has 2 aliphatic carbocycles. The third-order valence-electron chi connectivity index (χ3n) is 15.9. The van der Waals surface area contributed by atoms with Crippen molar-refractivity contribution in [3.63, 3.8) is 0 Å². The zero-order valence-corrected chi connectivity index (χ0v) is 40.2. The van der Waals surface area contributed by atoms with Crippen LogP contribution in [-0.4, -0.2) is 14.1 Å². The minimum absolute atomic E-state index is 0.181. The number of anilines is 8. The van der Waals surface area contributed by atoms with Gasteiger partial charge in [0.05, 0.1) is 39.8 Å². The van der Waals surface area contributed by atoms with E-state index in [0.29, 0.717) is 0 Å². The fourth-order valence-electron chi connectivity index (χ4n) is 12.5. The molecule has 0 fully saturated rings. The number of hydrogen-bond donors (Lipinski definition) is 0. The first kappa shape index (κ1) is 41.4. The molecular weight excluding hydrogens is 861 g/mol. The number of fused-ring (bicyclic) bond motifs is 7. The summed E-state index contributed by atoms with van der Waals surface area (Å²) in [6.45, 7) is 2.45. The smallest absolute Gasteiger partial charge is 0.0699 e. The van der Waals surface area contributed by atoms with Crippen LogP contribution in [0.5, 0.6) is 0 Å². The lowest BCUT2D eigenvalue weighted by Gasteiger charge is -2.41. The maximum atomic E-state index is 2.55. The predicted octanol–water partition coefficient (Wildman–Crippen LogP) is 18.0. The normalized spacial score (nSPS) is 17.2. The Morgan fingerprint density at radius 3 is 1.66 bits per heavy atom. The first-order chi connectivity index (χ1) is 35.0. The molecule has 0 saturated heterocycles. The van der Waals surface area contributed by atoms with Crippen molar-refractivity contribution < 1.29 is 0 Å². The lowest BCUT2D eigenvalue weighted by atomic mass is 9.74. The summed E-state index contributed by atoms with van der Waals surface area (Å²) in [6, 6.07) is 72.8. The monoisotopic (exact) mass is 912 g/mol. The van der Waals surface area contributed by atoms with Gasteiger partial charge in [-0.15, -0.1) is 0 Å². The second-order valence-electron chi connectivity index (χ2n) is 19.7. The van der Waals surface area contributed by atoms with E-state index in [0.717, 1.165) is 29.9 Å². The van der Waals surface area contributed by atoms with Crippen LogP contribution in [0, 0.1) is 5.92 Å². The van der Waals surface area contributed by atoms with Crippen molar-refractivity contribution in [3.8, 4) is 11.1 Å². The lowest BCUT2D eigenvalue weighted by molar-refractivity contribution is 0.655. The van der Waals surface area contributed by atoms with Gasteiger partial charge in [0.1, 0.15) is 0 Å². The van der Waals surface area contributed by atoms with Crippen molar-refractivity contribution >= 4 is 94.2 Å². The highest BCUT2D eigenvalue weighted by atomic mass is 15.3. The van der Waals surface area contributed by atoms with Gasteiger partial charge in [-0.05, 0) is 162 Å². The SMILES string of the molecule is CC1C(c2c3cc(N4C5=C(C=CCC5)N(C)c5ccccc54)ccc3c(-c3ccc4ccccc4c3)c3cc(N4c5ccccc5N(C)c5ccccc54)ccc23)=CC=CC1c1ccc2ccccc2c1. The second kappa shape index (κ2) is 16.3. The van der Waals surface area contributed by atoms with Gasteiger partial charge in [0.25, 0.3) is 0 Å². The molecule has 2 atom stereocenters. The fourth-order valence-corrected chi connectivity index (χ4v) is 12.5. The van der Waals surface area contributed by atoms with Crippen LogP contribution in [0.25, 0.3) is 59.8 Å². The summed E-state index contributed by atoms with van der Waals surface area (Å²) in [6.07, 6.45) is 13.8. The van der Waals surface area contributed by atoms with Gasteiger partial charge in [0.2, 0.25) is 0 Å². The Bertz CT molecular complexity index is 3940. The van der Waals surface area contributed by atoms with E-state index in [-0.39, 0.29) is 11.8 Å². The zero-order chi connectivity index (χ0) is 47.3. The van der Waals surface area contributed by atoms with E-state index in [2.05, 4.69) is 265 Å². The number of hydrogen-bond acceptors (Lipinski definition) is 4. The second-order valence-corrected chi connectivity index (χ2v) is 19.7. The maximum absolute atomic E-state index is 2.55. The number of rotatable bonds is 5. The molecule has 0 bridgehead atoms. The standard InChI is InChI=1S/C67H52N4/c1-43-52(48-33-31-44-17-4-6-19-46(44)39-48)21-16-22-53(43)67-55-38-36-50(70-62-27-12-8-23-58(62)68(2)59-24-9-13-28-63(59)70)41-56(55)66(49-34-32-45-18-5-7-20-47(45)40-49)54-37-35-51(42-57(54)67)71-64-29-14-10-25-60(64)69(3)61-26-11-15-30-65(61)71/h4-14,16-29,31-43,52H,15,30H2,1-3H3. The van der Waals surface area contributed by atoms with Crippen LogP contribution < -0.4 is 19.6 Å². The van der Waals surface area contributed by atoms with Crippen molar-refractivity contribution in [1.29, 1.82) is 0 Å². The van der Waals surface area contributed by atoms with Crippen molar-refractivity contribution in [2.24, 2.45) is 5.92 Å². The highest BCUT2D eigenvalue weighted by Gasteiger charge is 2.33. The number of likely N-dealkylation sites (N-methyl/N-ethyl adjacent to an activating group) is 1. The van der Waals surface area contributed by atoms with Crippen LogP contribution >= 0.6 is 0 Å². The topological polar surface area (TPSA) is 13.0 Å². The van der Waals surface area contributed by atoms with Gasteiger partial charge in [-0.2, -0.15) is 0 Å². The Labute approximate surface area is 415 Å². The molecule has 14 rings (SSSR count). The molecule has 0 aromatic heterocycles. The van der Waals surface area contributed by atoms with E-state index in [1.165, 1.54) is 111 Å². The van der Waals surface area contributed by atoms with Crippen LogP contribution in [-0.2, 0) is 0 Å². The van der Waals surface area contributed by atoms with Crippen LogP contribution in [0.3, 0.4) is 0 Å². The first-order valence-corrected chi connectivity index (χ1v) is 25.1. The lowest BCUT2D eigenvalue weighted by Crippen LogP contribution is -2.32. The summed E-state index contributed by atoms with van der Waals surface area (Å²) in [7, 11) is 4.40. The van der Waals surface area contributed by atoms with E-state index in [4.69, 9.17) is 0 Å². The van der Waals surface area contributed by atoms with Crippen LogP contribution in [0.4, 0.5) is 45.5 Å². The van der Waals surface area contributed by atoms with Gasteiger partial charge in [-0.1, -0.05) is 159 Å². The quantitative estimate of drug-likeness (QED) is 0.160. The molecule has 4 nitrogen and oxygen atoms in total. The van der Waals surface area contributed by atoms with Crippen LogP contribution in [0.1, 0.15) is 36.8 Å². The Morgan fingerprint density at radius 2 is 0.986 bits per heavy atom. The highest BCUT2D eigenvalue weighted by Crippen LogP contribution is 2.55. The molecule has 2 heterocycles. The Kier molecular flexibility index (Phi) is 9.47. The molecule has 2 unspecified atom stereocenters. The molecule has 4 heteroatoms. The largest absolute Gasteiger partial charge is 0.341 e. The molecule has 10 aromatic rings. The van der Waals surface area contributed by atoms with Gasteiger partial charge in [-0.25, -0.2) is 0 Å². The van der Waals surface area contributed by atoms with Gasteiger partial charge in [-0.3, -0.25) is 0 Å². The van der Waals surface area contributed by atoms with Gasteiger partial charge >= 0.3 is 0 Å². The Morgan fingerprint density at radius 1 is 0.451 bits per heavy atom. The molecule has 0 radical (unpaired) electrons. The van der Waals surface area contributed by atoms with Crippen molar-refractivity contribution in [2.75, 3.05) is 33.7 Å². The zero-order valence-electron chi connectivity index (χ0n) is 40.2. The third-order valence-corrected chi connectivity index (χ3v) is 15.9. The van der Waals surface area contributed by atoms with E-state index in [9.17, 15) is 0 Å². The van der Waals surface area contributed by atoms with E-state index >= 15 is 0 Å². The molecule has 10 aromatic carbocycles. The maximum Gasteiger partial charge on any atom is 0.0699 e. The molecule has 2 aliphatic heterocycles. The Balaban J connectivity index is 1.07. The summed E-state index contributed by atoms with van der Waals surface area (Å²) >= 11 is 0. The molecule has 0 amide bonds. The van der Waals surface area contributed by atoms with Gasteiger partial charge in [0.15, 0.2) is 0 Å². The summed E-state index contributed by atoms with van der Waals surface area (Å²) in [5.41, 5.74) is 18.5. The summed E-state index contributed by atoms with van der Waals surface area (Å²) in [5.74, 6) is 0.373. The van der Waals surface area contributed by atoms with E-state index in [1.54, 1.807) is 0 Å². The molecule has 4 aliphatic rings. The van der Waals surface area contributed by atoms with Gasteiger partial charge < -0.3 is 19.6 Å². The number of nitrogens with zero attached hydrogens (tertiary/aromatic N) is 4. The third kappa shape index (κ3) is 6.44. The van der Waals surface area contributed by atoms with E-state index < -0.39 is 0 Å². The number of para-hydroxylation sites is 6. The van der Waals surface area contributed by atoms with Crippen molar-refractivity contribution in [2.45, 2.75) is 25.7 Å².